The summed E-state index contributed by atoms with van der Waals surface area (Å²) in [5.41, 5.74) is -0.423. The van der Waals surface area contributed by atoms with Crippen LogP contribution in [0.1, 0.15) is 46.5 Å². The van der Waals surface area contributed by atoms with Gasteiger partial charge >= 0.3 is 6.09 Å². The molecule has 0 unspecified atom stereocenters. The fraction of sp³-hybridized carbons (Fsp3) is 0.933. The monoisotopic (exact) mass is 283 g/mol. The molecule has 3 rings (SSSR count). The van der Waals surface area contributed by atoms with E-state index in [-0.39, 0.29) is 24.3 Å². The van der Waals surface area contributed by atoms with E-state index in [2.05, 4.69) is 0 Å². The van der Waals surface area contributed by atoms with Gasteiger partial charge in [0.2, 0.25) is 0 Å². The van der Waals surface area contributed by atoms with E-state index in [1.807, 2.05) is 25.7 Å². The van der Waals surface area contributed by atoms with Gasteiger partial charge in [0, 0.05) is 12.1 Å². The van der Waals surface area contributed by atoms with Crippen LogP contribution in [0.2, 0.25) is 0 Å². The number of carbonyl (C=O) groups excluding carboxylic acids is 1. The van der Waals surface area contributed by atoms with Crippen molar-refractivity contribution in [1.82, 2.24) is 4.90 Å². The van der Waals surface area contributed by atoms with Crippen LogP contribution in [0, 0.1) is 0 Å². The molecular formula is C15H25NO4. The van der Waals surface area contributed by atoms with Crippen LogP contribution in [0.5, 0.6) is 0 Å². The van der Waals surface area contributed by atoms with Gasteiger partial charge in [-0.2, -0.15) is 0 Å². The lowest BCUT2D eigenvalue weighted by Crippen LogP contribution is -2.50. The molecule has 3 atom stereocenters. The Morgan fingerprint density at radius 2 is 1.85 bits per heavy atom. The molecule has 5 heteroatoms. The minimum Gasteiger partial charge on any atom is -0.444 e. The highest BCUT2D eigenvalue weighted by Gasteiger charge is 2.45. The molecule has 0 aromatic carbocycles. The van der Waals surface area contributed by atoms with Crippen molar-refractivity contribution in [3.8, 4) is 0 Å². The highest BCUT2D eigenvalue weighted by atomic mass is 16.6. The molecule has 0 aromatic rings. The van der Waals surface area contributed by atoms with Crippen molar-refractivity contribution in [3.05, 3.63) is 0 Å². The Hall–Kier alpha value is -0.810. The molecule has 20 heavy (non-hydrogen) atoms. The Balaban J connectivity index is 1.55. The number of hydrogen-bond acceptors (Lipinski definition) is 4. The molecule has 0 radical (unpaired) electrons. The van der Waals surface area contributed by atoms with Crippen molar-refractivity contribution in [2.75, 3.05) is 13.2 Å². The van der Waals surface area contributed by atoms with Crippen molar-refractivity contribution in [1.29, 1.82) is 0 Å². The van der Waals surface area contributed by atoms with Crippen LogP contribution < -0.4 is 0 Å². The summed E-state index contributed by atoms with van der Waals surface area (Å²) in [6.45, 7) is 7.29. The van der Waals surface area contributed by atoms with Crippen molar-refractivity contribution in [2.45, 2.75) is 76.3 Å². The van der Waals surface area contributed by atoms with Gasteiger partial charge in [-0.15, -0.1) is 0 Å². The molecule has 0 saturated carbocycles. The quantitative estimate of drug-likeness (QED) is 0.746. The molecule has 3 aliphatic rings. The van der Waals surface area contributed by atoms with Crippen LogP contribution >= 0.6 is 0 Å². The lowest BCUT2D eigenvalue weighted by molar-refractivity contribution is -0.0372. The van der Waals surface area contributed by atoms with Crippen molar-refractivity contribution < 1.29 is 19.0 Å². The van der Waals surface area contributed by atoms with Gasteiger partial charge in [-0.25, -0.2) is 4.79 Å². The van der Waals surface area contributed by atoms with E-state index < -0.39 is 5.60 Å². The molecule has 3 heterocycles. The zero-order chi connectivity index (χ0) is 14.3. The van der Waals surface area contributed by atoms with Gasteiger partial charge in [-0.05, 0) is 46.5 Å². The van der Waals surface area contributed by atoms with Gasteiger partial charge in [0.1, 0.15) is 11.7 Å². The second-order valence-corrected chi connectivity index (χ2v) is 7.15. The smallest absolute Gasteiger partial charge is 0.410 e. The predicted molar refractivity (Wildman–Crippen MR) is 73.6 cm³/mol. The normalized spacial score (nSPS) is 36.0. The lowest BCUT2D eigenvalue weighted by atomic mass is 10.0. The van der Waals surface area contributed by atoms with Crippen molar-refractivity contribution in [3.63, 3.8) is 0 Å². The van der Waals surface area contributed by atoms with Crippen molar-refractivity contribution in [2.24, 2.45) is 0 Å². The van der Waals surface area contributed by atoms with E-state index in [0.29, 0.717) is 12.7 Å². The minimum atomic E-state index is -0.423. The number of epoxide rings is 1. The van der Waals surface area contributed by atoms with Gasteiger partial charge < -0.3 is 19.1 Å². The fourth-order valence-electron chi connectivity index (χ4n) is 3.28. The van der Waals surface area contributed by atoms with Gasteiger partial charge in [0.25, 0.3) is 0 Å². The zero-order valence-electron chi connectivity index (χ0n) is 12.6. The topological polar surface area (TPSA) is 51.3 Å². The van der Waals surface area contributed by atoms with E-state index >= 15 is 0 Å². The summed E-state index contributed by atoms with van der Waals surface area (Å²) >= 11 is 0. The van der Waals surface area contributed by atoms with Crippen LogP contribution in [-0.2, 0) is 14.2 Å². The molecule has 3 aliphatic heterocycles. The number of nitrogens with zero attached hydrogens (tertiary/aromatic N) is 1. The standard InChI is InChI=1S/C15H25NO4/c1-15(2,3)20-14(17)16-10-4-5-11(16)7-12(6-10)18-8-13-9-19-13/h10-13H,4-9H2,1-3H3/t10-,11-,13+/m0/s1. The largest absolute Gasteiger partial charge is 0.444 e. The summed E-state index contributed by atoms with van der Waals surface area (Å²) in [6.07, 6.45) is 4.44. The number of rotatable bonds is 3. The lowest BCUT2D eigenvalue weighted by Gasteiger charge is -2.39. The molecule has 3 fully saturated rings. The summed E-state index contributed by atoms with van der Waals surface area (Å²) in [6, 6.07) is 0.572. The van der Waals surface area contributed by atoms with E-state index in [1.54, 1.807) is 0 Å². The molecule has 3 saturated heterocycles. The second kappa shape index (κ2) is 5.19. The third-order valence-corrected chi connectivity index (χ3v) is 4.21. The maximum Gasteiger partial charge on any atom is 0.410 e. The molecular weight excluding hydrogens is 258 g/mol. The highest BCUT2D eigenvalue weighted by molar-refractivity contribution is 5.69. The zero-order valence-corrected chi connectivity index (χ0v) is 12.6. The average Bonchev–Trinajstić information content (AvgIpc) is 3.10. The fourth-order valence-corrected chi connectivity index (χ4v) is 3.28. The Bertz CT molecular complexity index is 361. The van der Waals surface area contributed by atoms with Crippen LogP contribution in [0.4, 0.5) is 4.79 Å². The Morgan fingerprint density at radius 1 is 1.25 bits per heavy atom. The summed E-state index contributed by atoms with van der Waals surface area (Å²) < 4.78 is 16.6. The van der Waals surface area contributed by atoms with Crippen LogP contribution in [0.15, 0.2) is 0 Å². The van der Waals surface area contributed by atoms with Crippen LogP contribution in [0.25, 0.3) is 0 Å². The summed E-state index contributed by atoms with van der Waals surface area (Å²) in [5, 5.41) is 0. The minimum absolute atomic E-state index is 0.158. The van der Waals surface area contributed by atoms with Crippen LogP contribution in [-0.4, -0.2) is 54.1 Å². The Morgan fingerprint density at radius 3 is 2.35 bits per heavy atom. The molecule has 2 bridgehead atoms. The van der Waals surface area contributed by atoms with E-state index in [0.717, 1.165) is 32.3 Å². The van der Waals surface area contributed by atoms with Gasteiger partial charge in [0.15, 0.2) is 0 Å². The third-order valence-electron chi connectivity index (χ3n) is 4.21. The van der Waals surface area contributed by atoms with Crippen LogP contribution in [0.3, 0.4) is 0 Å². The summed E-state index contributed by atoms with van der Waals surface area (Å²) in [7, 11) is 0. The van der Waals surface area contributed by atoms with Gasteiger partial charge in [-0.1, -0.05) is 0 Å². The maximum absolute atomic E-state index is 12.3. The number of carbonyl (C=O) groups is 1. The Labute approximate surface area is 120 Å². The SMILES string of the molecule is CC(C)(C)OC(=O)N1[C@H]2CC[C@H]1CC(OC[C@@H]1CO1)C2. The number of hydrogen-bond donors (Lipinski definition) is 0. The second-order valence-electron chi connectivity index (χ2n) is 7.15. The predicted octanol–water partition coefficient (Wildman–Crippen LogP) is 2.33. The number of ether oxygens (including phenoxy) is 3. The molecule has 114 valence electrons. The number of fused-ring (bicyclic) bond motifs is 2. The maximum atomic E-state index is 12.3. The average molecular weight is 283 g/mol. The third kappa shape index (κ3) is 3.26. The highest BCUT2D eigenvalue weighted by Crippen LogP contribution is 2.38. The first-order chi connectivity index (χ1) is 9.42. The van der Waals surface area contributed by atoms with Gasteiger partial charge in [0.05, 0.1) is 19.3 Å². The molecule has 5 nitrogen and oxygen atoms in total. The first kappa shape index (κ1) is 14.1. The molecule has 0 N–H and O–H groups in total. The summed E-state index contributed by atoms with van der Waals surface area (Å²) in [5.74, 6) is 0. The molecule has 0 spiro atoms. The first-order valence-electron chi connectivity index (χ1n) is 7.67. The first-order valence-corrected chi connectivity index (χ1v) is 7.67. The number of amides is 1. The molecule has 0 aromatic heterocycles. The Kier molecular flexibility index (Phi) is 3.67. The van der Waals surface area contributed by atoms with E-state index in [9.17, 15) is 4.79 Å². The molecule has 0 aliphatic carbocycles. The van der Waals surface area contributed by atoms with Crippen molar-refractivity contribution >= 4 is 6.09 Å². The van der Waals surface area contributed by atoms with E-state index in [4.69, 9.17) is 14.2 Å². The van der Waals surface area contributed by atoms with E-state index in [1.165, 1.54) is 0 Å². The van der Waals surface area contributed by atoms with Gasteiger partial charge in [-0.3, -0.25) is 0 Å². The molecule has 1 amide bonds. The summed E-state index contributed by atoms with van der Waals surface area (Å²) in [4.78, 5) is 14.3. The number of piperidine rings is 1.